The van der Waals surface area contributed by atoms with E-state index < -0.39 is 0 Å². The Balaban J connectivity index is 1.30. The van der Waals surface area contributed by atoms with Crippen molar-refractivity contribution in [2.75, 3.05) is 61.3 Å². The Morgan fingerprint density at radius 2 is 1.94 bits per heavy atom. The Labute approximate surface area is 204 Å². The molecule has 5 rings (SSSR count). The Bertz CT molecular complexity index is 1220. The highest BCUT2D eigenvalue weighted by molar-refractivity contribution is 5.91. The predicted octanol–water partition coefficient (Wildman–Crippen LogP) is 2.07. The van der Waals surface area contributed by atoms with Gasteiger partial charge in [0, 0.05) is 45.0 Å². The molecule has 0 bridgehead atoms. The lowest BCUT2D eigenvalue weighted by Crippen LogP contribution is -2.48. The Hall–Kier alpha value is -3.84. The van der Waals surface area contributed by atoms with Crippen molar-refractivity contribution in [1.82, 2.24) is 20.2 Å². The third-order valence-corrected chi connectivity index (χ3v) is 6.94. The number of nitrogens with one attached hydrogen (secondary N) is 5. The van der Waals surface area contributed by atoms with E-state index in [4.69, 9.17) is 0 Å². The van der Waals surface area contributed by atoms with Crippen LogP contribution in [0.5, 0.6) is 0 Å². The smallest absolute Gasteiger partial charge is 0.351 e. The van der Waals surface area contributed by atoms with Crippen molar-refractivity contribution in [2.24, 2.45) is 5.92 Å². The lowest BCUT2D eigenvalue weighted by atomic mass is 9.98. The van der Waals surface area contributed by atoms with Gasteiger partial charge in [-0.2, -0.15) is 5.26 Å². The second kappa shape index (κ2) is 10.2. The highest BCUT2D eigenvalue weighted by atomic mass is 16.2. The SMILES string of the molecule is CC(=O)N1CCN(c2ccc(Nc3nc4[nH]cc(C#N)c4c(NCC4CCNCC4)[nH+]3)cc2)CC1. The first-order valence-electron chi connectivity index (χ1n) is 12.3. The normalized spacial score (nSPS) is 16.8. The summed E-state index contributed by atoms with van der Waals surface area (Å²) in [5, 5.41) is 20.6. The standard InChI is InChI=1S/C25H31N9O/c1-17(35)33-10-12-34(13-11-33)21-4-2-20(3-5-21)30-25-31-23(28-15-18-6-8-27-9-7-18)22-19(14-26)16-29-24(22)32-25/h2-5,16,18,27H,6-13,15H2,1H3,(H3,28,29,30,31,32)/p+1. The number of H-pyrrole nitrogens is 2. The van der Waals surface area contributed by atoms with Crippen molar-refractivity contribution < 1.29 is 9.78 Å². The van der Waals surface area contributed by atoms with Gasteiger partial charge in [0.05, 0.1) is 17.8 Å². The molecule has 1 aromatic carbocycles. The number of benzene rings is 1. The van der Waals surface area contributed by atoms with E-state index in [2.05, 4.69) is 54.0 Å². The molecule has 5 N–H and O–H groups in total. The molecule has 10 nitrogen and oxygen atoms in total. The molecule has 2 aliphatic heterocycles. The maximum absolute atomic E-state index is 11.6. The monoisotopic (exact) mass is 474 g/mol. The number of aromatic nitrogens is 3. The largest absolute Gasteiger partial charge is 0.368 e. The molecule has 3 aromatic rings. The quantitative estimate of drug-likeness (QED) is 0.431. The van der Waals surface area contributed by atoms with Crippen molar-refractivity contribution in [3.05, 3.63) is 36.0 Å². The van der Waals surface area contributed by atoms with Gasteiger partial charge >= 0.3 is 5.95 Å². The summed E-state index contributed by atoms with van der Waals surface area (Å²) in [5.41, 5.74) is 3.28. The highest BCUT2D eigenvalue weighted by Gasteiger charge is 2.22. The van der Waals surface area contributed by atoms with E-state index in [1.807, 2.05) is 17.0 Å². The van der Waals surface area contributed by atoms with E-state index in [1.165, 1.54) is 0 Å². The number of nitrogens with zero attached hydrogens (tertiary/aromatic N) is 4. The van der Waals surface area contributed by atoms with Gasteiger partial charge in [-0.3, -0.25) is 10.1 Å². The average Bonchev–Trinajstić information content (AvgIpc) is 3.32. The summed E-state index contributed by atoms with van der Waals surface area (Å²) in [5.74, 6) is 2.13. The van der Waals surface area contributed by atoms with Gasteiger partial charge in [-0.05, 0) is 56.1 Å². The minimum absolute atomic E-state index is 0.137. The molecule has 2 saturated heterocycles. The van der Waals surface area contributed by atoms with Crippen molar-refractivity contribution in [3.8, 4) is 6.07 Å². The van der Waals surface area contributed by atoms with Crippen molar-refractivity contribution >= 4 is 40.1 Å². The molecule has 2 aromatic heterocycles. The second-order valence-electron chi connectivity index (χ2n) is 9.24. The van der Waals surface area contributed by atoms with Crippen LogP contribution in [0.15, 0.2) is 30.5 Å². The number of carbonyl (C=O) groups is 1. The summed E-state index contributed by atoms with van der Waals surface area (Å²) in [6.07, 6.45) is 3.98. The van der Waals surface area contributed by atoms with E-state index >= 15 is 0 Å². The topological polar surface area (TPSA) is 126 Å². The average molecular weight is 475 g/mol. The summed E-state index contributed by atoms with van der Waals surface area (Å²) in [6, 6.07) is 10.5. The van der Waals surface area contributed by atoms with E-state index in [0.717, 1.165) is 81.2 Å². The van der Waals surface area contributed by atoms with Crippen LogP contribution in [0, 0.1) is 17.2 Å². The molecule has 0 spiro atoms. The fourth-order valence-electron chi connectivity index (χ4n) is 4.86. The van der Waals surface area contributed by atoms with Crippen LogP contribution in [0.25, 0.3) is 11.0 Å². The Morgan fingerprint density at radius 1 is 1.20 bits per heavy atom. The first-order chi connectivity index (χ1) is 17.1. The van der Waals surface area contributed by atoms with Crippen LogP contribution in [0.2, 0.25) is 0 Å². The summed E-state index contributed by atoms with van der Waals surface area (Å²) < 4.78 is 0. The van der Waals surface area contributed by atoms with Crippen molar-refractivity contribution in [1.29, 1.82) is 5.26 Å². The molecule has 1 amide bonds. The van der Waals surface area contributed by atoms with E-state index in [9.17, 15) is 10.1 Å². The number of aromatic amines is 2. The molecule has 0 atom stereocenters. The van der Waals surface area contributed by atoms with Gasteiger partial charge < -0.3 is 25.4 Å². The molecule has 0 aliphatic carbocycles. The Kier molecular flexibility index (Phi) is 6.68. The van der Waals surface area contributed by atoms with E-state index in [-0.39, 0.29) is 5.91 Å². The molecule has 0 radical (unpaired) electrons. The van der Waals surface area contributed by atoms with Crippen LogP contribution < -0.4 is 25.8 Å². The number of nitriles is 1. The summed E-state index contributed by atoms with van der Waals surface area (Å²) >= 11 is 0. The highest BCUT2D eigenvalue weighted by Crippen LogP contribution is 2.25. The second-order valence-corrected chi connectivity index (χ2v) is 9.24. The van der Waals surface area contributed by atoms with Gasteiger partial charge in [0.2, 0.25) is 17.4 Å². The molecule has 35 heavy (non-hydrogen) atoms. The third-order valence-electron chi connectivity index (χ3n) is 6.94. The van der Waals surface area contributed by atoms with Crippen LogP contribution in [0.4, 0.5) is 23.1 Å². The minimum Gasteiger partial charge on any atom is -0.368 e. The molecule has 2 fully saturated rings. The summed E-state index contributed by atoms with van der Waals surface area (Å²) in [6.45, 7) is 7.73. The minimum atomic E-state index is 0.137. The number of hydrogen-bond acceptors (Lipinski definition) is 7. The zero-order valence-electron chi connectivity index (χ0n) is 20.0. The number of anilines is 4. The number of fused-ring (bicyclic) bond motifs is 1. The number of carbonyl (C=O) groups excluding carboxylic acids is 1. The fraction of sp³-hybridized carbons (Fsp3) is 0.440. The van der Waals surface area contributed by atoms with Crippen molar-refractivity contribution in [3.63, 3.8) is 0 Å². The van der Waals surface area contributed by atoms with Crippen LogP contribution >= 0.6 is 0 Å². The van der Waals surface area contributed by atoms with Gasteiger partial charge in [-0.15, -0.1) is 0 Å². The van der Waals surface area contributed by atoms with Crippen LogP contribution in [0.1, 0.15) is 25.3 Å². The number of piperazine rings is 1. The third kappa shape index (κ3) is 5.15. The first kappa shape index (κ1) is 22.9. The Morgan fingerprint density at radius 3 is 2.63 bits per heavy atom. The molecule has 0 saturated carbocycles. The summed E-state index contributed by atoms with van der Waals surface area (Å²) in [4.78, 5) is 26.9. The summed E-state index contributed by atoms with van der Waals surface area (Å²) in [7, 11) is 0. The van der Waals surface area contributed by atoms with Gasteiger partial charge in [0.25, 0.3) is 0 Å². The molecule has 182 valence electrons. The molecule has 10 heteroatoms. The maximum atomic E-state index is 11.6. The molecule has 0 unspecified atom stereocenters. The van der Waals surface area contributed by atoms with Crippen LogP contribution in [-0.2, 0) is 4.79 Å². The predicted molar refractivity (Wildman–Crippen MR) is 136 cm³/mol. The number of rotatable bonds is 6. The molecular weight excluding hydrogens is 442 g/mol. The fourth-order valence-corrected chi connectivity index (χ4v) is 4.86. The maximum Gasteiger partial charge on any atom is 0.351 e. The number of amides is 1. The molecule has 2 aliphatic rings. The van der Waals surface area contributed by atoms with Gasteiger partial charge in [0.1, 0.15) is 11.5 Å². The van der Waals surface area contributed by atoms with Gasteiger partial charge in [-0.25, -0.2) is 4.98 Å². The number of hydrogen-bond donors (Lipinski definition) is 4. The van der Waals surface area contributed by atoms with Gasteiger partial charge in [0.15, 0.2) is 0 Å². The van der Waals surface area contributed by atoms with Gasteiger partial charge in [-0.1, -0.05) is 4.98 Å². The zero-order valence-corrected chi connectivity index (χ0v) is 20.0. The number of piperidine rings is 1. The van der Waals surface area contributed by atoms with Crippen LogP contribution in [-0.4, -0.2) is 66.6 Å². The zero-order chi connectivity index (χ0) is 24.2. The van der Waals surface area contributed by atoms with Crippen LogP contribution in [0.3, 0.4) is 0 Å². The van der Waals surface area contributed by atoms with Crippen molar-refractivity contribution in [2.45, 2.75) is 19.8 Å². The molecule has 4 heterocycles. The first-order valence-corrected chi connectivity index (χ1v) is 12.3. The van der Waals surface area contributed by atoms with E-state index in [0.29, 0.717) is 23.1 Å². The lowest BCUT2D eigenvalue weighted by molar-refractivity contribution is -0.345. The van der Waals surface area contributed by atoms with E-state index in [1.54, 1.807) is 13.1 Å². The lowest BCUT2D eigenvalue weighted by Gasteiger charge is -2.35. The molecular formula is C25H32N9O+.